The van der Waals surface area contributed by atoms with Crippen LogP contribution in [0.15, 0.2) is 11.3 Å². The number of hydrogen-bond acceptors (Lipinski definition) is 4. The van der Waals surface area contributed by atoms with E-state index in [1.165, 1.54) is 7.11 Å². The van der Waals surface area contributed by atoms with Crippen molar-refractivity contribution in [2.24, 2.45) is 0 Å². The van der Waals surface area contributed by atoms with Crippen molar-refractivity contribution >= 4 is 5.97 Å². The summed E-state index contributed by atoms with van der Waals surface area (Å²) < 4.78 is 4.43. The van der Waals surface area contributed by atoms with Crippen molar-refractivity contribution in [3.8, 4) is 6.07 Å². The van der Waals surface area contributed by atoms with Crippen molar-refractivity contribution < 1.29 is 9.53 Å². The molecule has 0 unspecified atom stereocenters. The van der Waals surface area contributed by atoms with Gasteiger partial charge >= 0.3 is 5.97 Å². The summed E-state index contributed by atoms with van der Waals surface area (Å²) in [6.45, 7) is 1.85. The Morgan fingerprint density at radius 2 is 2.25 bits per heavy atom. The lowest BCUT2D eigenvalue weighted by molar-refractivity contribution is -0.135. The summed E-state index contributed by atoms with van der Waals surface area (Å²) in [6.07, 6.45) is 0.606. The molecule has 66 valence electrons. The van der Waals surface area contributed by atoms with Crippen molar-refractivity contribution in [1.82, 2.24) is 5.32 Å². The second kappa shape index (κ2) is 5.19. The quantitative estimate of drug-likeness (QED) is 0.380. The molecule has 0 aliphatic heterocycles. The summed E-state index contributed by atoms with van der Waals surface area (Å²) in [5.74, 6) is -0.594. The number of ether oxygens (including phenoxy) is 1. The minimum absolute atomic E-state index is 0.0440. The fourth-order valence-electron chi connectivity index (χ4n) is 0.817. The van der Waals surface area contributed by atoms with Gasteiger partial charge in [-0.05, 0) is 6.42 Å². The molecule has 0 saturated carbocycles. The summed E-state index contributed by atoms with van der Waals surface area (Å²) in [6, 6.07) is 1.80. The molecule has 0 saturated heterocycles. The zero-order valence-electron chi connectivity index (χ0n) is 7.47. The van der Waals surface area contributed by atoms with Crippen molar-refractivity contribution in [2.45, 2.75) is 13.3 Å². The first-order chi connectivity index (χ1) is 5.71. The highest BCUT2D eigenvalue weighted by atomic mass is 16.5. The second-order valence-electron chi connectivity index (χ2n) is 2.06. The molecule has 0 aromatic heterocycles. The summed E-state index contributed by atoms with van der Waals surface area (Å²) in [5.41, 5.74) is 0.645. The van der Waals surface area contributed by atoms with Crippen LogP contribution in [0.4, 0.5) is 0 Å². The number of allylic oxidation sites excluding steroid dienone is 1. The Balaban J connectivity index is 4.85. The SMILES string of the molecule is CC/C(NC)=C(\C#N)C(=O)OC. The van der Waals surface area contributed by atoms with Gasteiger partial charge in [-0.3, -0.25) is 0 Å². The topological polar surface area (TPSA) is 62.1 Å². The molecule has 4 nitrogen and oxygen atoms in total. The molecule has 0 aromatic rings. The van der Waals surface area contributed by atoms with Gasteiger partial charge in [0.1, 0.15) is 6.07 Å². The van der Waals surface area contributed by atoms with E-state index in [0.717, 1.165) is 0 Å². The van der Waals surface area contributed by atoms with Gasteiger partial charge in [0.05, 0.1) is 7.11 Å². The van der Waals surface area contributed by atoms with Crippen LogP contribution < -0.4 is 5.32 Å². The minimum Gasteiger partial charge on any atom is -0.465 e. The lowest BCUT2D eigenvalue weighted by Gasteiger charge is -2.05. The molecule has 0 spiro atoms. The zero-order chi connectivity index (χ0) is 9.56. The monoisotopic (exact) mass is 168 g/mol. The maximum Gasteiger partial charge on any atom is 0.350 e. The van der Waals surface area contributed by atoms with Crippen LogP contribution in [0.1, 0.15) is 13.3 Å². The van der Waals surface area contributed by atoms with Crippen molar-refractivity contribution in [2.75, 3.05) is 14.2 Å². The first kappa shape index (κ1) is 10.5. The van der Waals surface area contributed by atoms with Gasteiger partial charge < -0.3 is 10.1 Å². The van der Waals surface area contributed by atoms with Crippen LogP contribution in [-0.2, 0) is 9.53 Å². The van der Waals surface area contributed by atoms with E-state index < -0.39 is 5.97 Å². The Labute approximate surface area is 71.8 Å². The fraction of sp³-hybridized carbons (Fsp3) is 0.500. The number of esters is 1. The van der Waals surface area contributed by atoms with Crippen LogP contribution in [-0.4, -0.2) is 20.1 Å². The van der Waals surface area contributed by atoms with Crippen molar-refractivity contribution in [3.63, 3.8) is 0 Å². The average molecular weight is 168 g/mol. The molecular weight excluding hydrogens is 156 g/mol. The molecule has 0 fully saturated rings. The maximum atomic E-state index is 11.0. The number of nitrogens with one attached hydrogen (secondary N) is 1. The number of carbonyl (C=O) groups excluding carboxylic acids is 1. The molecule has 12 heavy (non-hydrogen) atoms. The standard InChI is InChI=1S/C8H12N2O2/c1-4-7(10-2)6(5-9)8(11)12-3/h10H,4H2,1-3H3/b7-6-. The molecule has 0 aromatic carbocycles. The Bertz CT molecular complexity index is 232. The first-order valence-electron chi connectivity index (χ1n) is 3.60. The highest BCUT2D eigenvalue weighted by Gasteiger charge is 2.12. The molecule has 0 radical (unpaired) electrons. The zero-order valence-corrected chi connectivity index (χ0v) is 7.47. The number of hydrogen-bond donors (Lipinski definition) is 1. The lowest BCUT2D eigenvalue weighted by Crippen LogP contribution is -2.14. The third-order valence-electron chi connectivity index (χ3n) is 1.46. The normalized spacial score (nSPS) is 11.2. The van der Waals surface area contributed by atoms with Gasteiger partial charge in [-0.1, -0.05) is 6.92 Å². The molecule has 0 aliphatic carbocycles. The number of methoxy groups -OCH3 is 1. The minimum atomic E-state index is -0.594. The smallest absolute Gasteiger partial charge is 0.350 e. The predicted molar refractivity (Wildman–Crippen MR) is 44.0 cm³/mol. The van der Waals surface area contributed by atoms with E-state index in [0.29, 0.717) is 12.1 Å². The van der Waals surface area contributed by atoms with E-state index in [-0.39, 0.29) is 5.57 Å². The van der Waals surface area contributed by atoms with Crippen molar-refractivity contribution in [1.29, 1.82) is 5.26 Å². The Morgan fingerprint density at radius 3 is 2.50 bits per heavy atom. The molecular formula is C8H12N2O2. The van der Waals surface area contributed by atoms with E-state index in [1.54, 1.807) is 13.1 Å². The van der Waals surface area contributed by atoms with E-state index in [1.807, 2.05) is 6.92 Å². The lowest BCUT2D eigenvalue weighted by atomic mass is 10.2. The third-order valence-corrected chi connectivity index (χ3v) is 1.46. The molecule has 1 N–H and O–H groups in total. The van der Waals surface area contributed by atoms with E-state index in [2.05, 4.69) is 10.1 Å². The fourth-order valence-corrected chi connectivity index (χ4v) is 0.817. The van der Waals surface area contributed by atoms with Gasteiger partial charge in [0.15, 0.2) is 5.57 Å². The molecule has 0 aliphatic rings. The molecule has 4 heteroatoms. The van der Waals surface area contributed by atoms with Gasteiger partial charge in [0.25, 0.3) is 0 Å². The molecule has 0 atom stereocenters. The summed E-state index contributed by atoms with van der Waals surface area (Å²) in [4.78, 5) is 11.0. The summed E-state index contributed by atoms with van der Waals surface area (Å²) >= 11 is 0. The van der Waals surface area contributed by atoms with Crippen LogP contribution in [0.3, 0.4) is 0 Å². The van der Waals surface area contributed by atoms with E-state index in [4.69, 9.17) is 5.26 Å². The second-order valence-corrected chi connectivity index (χ2v) is 2.06. The van der Waals surface area contributed by atoms with Crippen LogP contribution in [0.25, 0.3) is 0 Å². The van der Waals surface area contributed by atoms with Gasteiger partial charge in [-0.15, -0.1) is 0 Å². The van der Waals surface area contributed by atoms with Gasteiger partial charge in [0, 0.05) is 12.7 Å². The van der Waals surface area contributed by atoms with Crippen molar-refractivity contribution in [3.05, 3.63) is 11.3 Å². The summed E-state index contributed by atoms with van der Waals surface area (Å²) in [5, 5.41) is 11.4. The molecule has 0 heterocycles. The first-order valence-corrected chi connectivity index (χ1v) is 3.60. The Kier molecular flexibility index (Phi) is 4.54. The Morgan fingerprint density at radius 1 is 1.67 bits per heavy atom. The van der Waals surface area contributed by atoms with Crippen LogP contribution in [0.5, 0.6) is 0 Å². The number of nitrogens with zero attached hydrogens (tertiary/aromatic N) is 1. The highest BCUT2D eigenvalue weighted by molar-refractivity contribution is 5.93. The molecule has 0 rings (SSSR count). The van der Waals surface area contributed by atoms with Crippen LogP contribution in [0, 0.1) is 11.3 Å². The van der Waals surface area contributed by atoms with Gasteiger partial charge in [-0.2, -0.15) is 5.26 Å². The van der Waals surface area contributed by atoms with Gasteiger partial charge in [-0.25, -0.2) is 4.79 Å². The molecule has 0 bridgehead atoms. The van der Waals surface area contributed by atoms with E-state index in [9.17, 15) is 4.79 Å². The maximum absolute atomic E-state index is 11.0. The number of carbonyl (C=O) groups is 1. The Hall–Kier alpha value is -1.50. The molecule has 0 amide bonds. The number of rotatable bonds is 3. The average Bonchev–Trinajstić information content (AvgIpc) is 2.12. The van der Waals surface area contributed by atoms with Crippen LogP contribution >= 0.6 is 0 Å². The third kappa shape index (κ3) is 2.27. The predicted octanol–water partition coefficient (Wildman–Crippen LogP) is 0.566. The van der Waals surface area contributed by atoms with Crippen LogP contribution in [0.2, 0.25) is 0 Å². The highest BCUT2D eigenvalue weighted by Crippen LogP contribution is 2.05. The van der Waals surface area contributed by atoms with E-state index >= 15 is 0 Å². The van der Waals surface area contributed by atoms with Gasteiger partial charge in [0.2, 0.25) is 0 Å². The summed E-state index contributed by atoms with van der Waals surface area (Å²) in [7, 11) is 2.92. The largest absolute Gasteiger partial charge is 0.465 e. The number of nitriles is 1.